The third-order valence-corrected chi connectivity index (χ3v) is 4.36. The number of aromatic nitrogens is 2. The van der Waals surface area contributed by atoms with E-state index in [0.29, 0.717) is 16.8 Å². The number of nitrogens with one attached hydrogen (secondary N) is 2. The molecule has 2 aromatic heterocycles. The predicted molar refractivity (Wildman–Crippen MR) is 100.0 cm³/mol. The van der Waals surface area contributed by atoms with Gasteiger partial charge < -0.3 is 15.5 Å². The lowest BCUT2D eigenvalue weighted by Crippen LogP contribution is -2.15. The molecule has 2 aromatic carbocycles. The van der Waals surface area contributed by atoms with Crippen molar-refractivity contribution in [2.75, 3.05) is 5.32 Å². The standard InChI is InChI=1S/C21H17N3O2/c25-18-8-2-1-7-17(18)24-19(15-6-3-11-22-13-15)16-10-9-14-5-4-12-23-20(14)21(16)26/h1-13,19,24-26H/p+1. The van der Waals surface area contributed by atoms with Gasteiger partial charge in [0.05, 0.1) is 11.7 Å². The van der Waals surface area contributed by atoms with E-state index in [9.17, 15) is 10.2 Å². The number of aromatic hydroxyl groups is 2. The second-order valence-corrected chi connectivity index (χ2v) is 6.01. The summed E-state index contributed by atoms with van der Waals surface area (Å²) < 4.78 is 0. The van der Waals surface area contributed by atoms with Gasteiger partial charge in [-0.3, -0.25) is 4.98 Å². The average Bonchev–Trinajstić information content (AvgIpc) is 2.69. The van der Waals surface area contributed by atoms with Crippen LogP contribution in [0.3, 0.4) is 0 Å². The molecule has 0 aliphatic rings. The zero-order valence-electron chi connectivity index (χ0n) is 13.9. The summed E-state index contributed by atoms with van der Waals surface area (Å²) in [7, 11) is 0. The van der Waals surface area contributed by atoms with Crippen molar-refractivity contribution >= 4 is 16.6 Å². The first-order valence-corrected chi connectivity index (χ1v) is 8.31. The van der Waals surface area contributed by atoms with E-state index in [-0.39, 0.29) is 17.5 Å². The van der Waals surface area contributed by atoms with Gasteiger partial charge >= 0.3 is 0 Å². The number of phenolic OH excluding ortho intramolecular Hbond substituents is 2. The van der Waals surface area contributed by atoms with Gasteiger partial charge in [0.15, 0.2) is 12.4 Å². The molecule has 2 heterocycles. The summed E-state index contributed by atoms with van der Waals surface area (Å²) in [6.45, 7) is 0. The van der Waals surface area contributed by atoms with Gasteiger partial charge in [-0.25, -0.2) is 4.98 Å². The van der Waals surface area contributed by atoms with Crippen LogP contribution >= 0.6 is 0 Å². The molecular formula is C21H18N3O2+. The highest BCUT2D eigenvalue weighted by molar-refractivity contribution is 5.86. The van der Waals surface area contributed by atoms with Crippen LogP contribution in [0.1, 0.15) is 17.2 Å². The summed E-state index contributed by atoms with van der Waals surface area (Å²) in [4.78, 5) is 7.38. The topological polar surface area (TPSA) is 79.5 Å². The molecule has 128 valence electrons. The Morgan fingerprint density at radius 3 is 2.62 bits per heavy atom. The van der Waals surface area contributed by atoms with Gasteiger partial charge in [0.1, 0.15) is 17.0 Å². The van der Waals surface area contributed by atoms with Crippen LogP contribution in [0.15, 0.2) is 79.3 Å². The first-order valence-electron chi connectivity index (χ1n) is 8.31. The van der Waals surface area contributed by atoms with Crippen molar-refractivity contribution < 1.29 is 15.2 Å². The molecule has 0 saturated carbocycles. The minimum atomic E-state index is -0.368. The number of nitrogens with zero attached hydrogens (tertiary/aromatic N) is 1. The van der Waals surface area contributed by atoms with E-state index in [0.717, 1.165) is 10.9 Å². The number of H-pyrrole nitrogens is 1. The normalized spacial score (nSPS) is 12.0. The lowest BCUT2D eigenvalue weighted by atomic mass is 9.97. The van der Waals surface area contributed by atoms with Crippen molar-refractivity contribution in [2.24, 2.45) is 0 Å². The van der Waals surface area contributed by atoms with Gasteiger partial charge in [0, 0.05) is 28.8 Å². The number of phenols is 2. The number of rotatable bonds is 4. The molecule has 0 spiro atoms. The molecule has 4 aromatic rings. The molecule has 0 bridgehead atoms. The summed E-state index contributed by atoms with van der Waals surface area (Å²) in [5, 5.41) is 25.2. The predicted octanol–water partition coefficient (Wildman–Crippen LogP) is 3.66. The van der Waals surface area contributed by atoms with E-state index in [4.69, 9.17) is 0 Å². The molecule has 5 nitrogen and oxygen atoms in total. The molecule has 0 aliphatic heterocycles. The molecule has 0 amide bonds. The summed E-state index contributed by atoms with van der Waals surface area (Å²) in [5.74, 6) is 0.274. The van der Waals surface area contributed by atoms with E-state index in [1.807, 2.05) is 54.9 Å². The molecule has 1 unspecified atom stereocenters. The Morgan fingerprint density at radius 2 is 1.81 bits per heavy atom. The van der Waals surface area contributed by atoms with Gasteiger partial charge in [-0.1, -0.05) is 30.3 Å². The second kappa shape index (κ2) is 6.72. The quantitative estimate of drug-likeness (QED) is 0.494. The van der Waals surface area contributed by atoms with Crippen LogP contribution in [-0.4, -0.2) is 15.2 Å². The van der Waals surface area contributed by atoms with Crippen LogP contribution in [0.5, 0.6) is 11.5 Å². The Morgan fingerprint density at radius 1 is 0.923 bits per heavy atom. The van der Waals surface area contributed by atoms with Crippen LogP contribution in [0.2, 0.25) is 0 Å². The molecule has 0 fully saturated rings. The highest BCUT2D eigenvalue weighted by Gasteiger charge is 2.22. The summed E-state index contributed by atoms with van der Waals surface area (Å²) in [6.07, 6.45) is 5.34. The molecule has 4 N–H and O–H groups in total. The highest BCUT2D eigenvalue weighted by Crippen LogP contribution is 2.37. The van der Waals surface area contributed by atoms with Gasteiger partial charge in [-0.15, -0.1) is 0 Å². The van der Waals surface area contributed by atoms with Gasteiger partial charge in [0.2, 0.25) is 0 Å². The van der Waals surface area contributed by atoms with Crippen molar-refractivity contribution in [3.63, 3.8) is 0 Å². The monoisotopic (exact) mass is 344 g/mol. The zero-order valence-corrected chi connectivity index (χ0v) is 13.9. The van der Waals surface area contributed by atoms with E-state index in [2.05, 4.69) is 15.3 Å². The lowest BCUT2D eigenvalue weighted by molar-refractivity contribution is -0.378. The Balaban J connectivity index is 1.86. The zero-order chi connectivity index (χ0) is 17.9. The van der Waals surface area contributed by atoms with E-state index >= 15 is 0 Å². The molecule has 0 saturated heterocycles. The van der Waals surface area contributed by atoms with Crippen LogP contribution in [0.25, 0.3) is 10.9 Å². The SMILES string of the molecule is Oc1ccccc1NC(c1ccc[nH+]c1)c1ccc2cccnc2c1O. The maximum Gasteiger partial charge on any atom is 0.172 e. The average molecular weight is 344 g/mol. The Labute approximate surface area is 150 Å². The number of para-hydroxylation sites is 2. The third kappa shape index (κ3) is 2.91. The number of anilines is 1. The lowest BCUT2D eigenvalue weighted by Gasteiger charge is -2.21. The molecule has 26 heavy (non-hydrogen) atoms. The van der Waals surface area contributed by atoms with Crippen molar-refractivity contribution in [1.82, 2.24) is 4.98 Å². The molecule has 5 heteroatoms. The summed E-state index contributed by atoms with van der Waals surface area (Å²) in [6, 6.07) is 18.1. The minimum absolute atomic E-state index is 0.125. The molecular weight excluding hydrogens is 326 g/mol. The number of fused-ring (bicyclic) bond motifs is 1. The first kappa shape index (κ1) is 15.9. The van der Waals surface area contributed by atoms with E-state index in [1.165, 1.54) is 0 Å². The third-order valence-electron chi connectivity index (χ3n) is 4.36. The number of pyridine rings is 2. The maximum absolute atomic E-state index is 10.9. The largest absolute Gasteiger partial charge is 0.506 e. The Hall–Kier alpha value is -3.60. The van der Waals surface area contributed by atoms with Crippen LogP contribution in [-0.2, 0) is 0 Å². The van der Waals surface area contributed by atoms with Gasteiger partial charge in [-0.2, -0.15) is 0 Å². The number of aromatic amines is 1. The Kier molecular flexibility index (Phi) is 4.11. The van der Waals surface area contributed by atoms with Crippen LogP contribution in [0, 0.1) is 0 Å². The maximum atomic E-state index is 10.9. The van der Waals surface area contributed by atoms with Crippen molar-refractivity contribution in [2.45, 2.75) is 6.04 Å². The first-order chi connectivity index (χ1) is 12.7. The smallest absolute Gasteiger partial charge is 0.172 e. The highest BCUT2D eigenvalue weighted by atomic mass is 16.3. The van der Waals surface area contributed by atoms with Gasteiger partial charge in [0.25, 0.3) is 0 Å². The molecule has 4 rings (SSSR count). The van der Waals surface area contributed by atoms with Crippen molar-refractivity contribution in [3.05, 3.63) is 90.4 Å². The van der Waals surface area contributed by atoms with Crippen LogP contribution in [0.4, 0.5) is 5.69 Å². The fourth-order valence-electron chi connectivity index (χ4n) is 3.06. The molecule has 1 atom stereocenters. The Bertz CT molecular complexity index is 1050. The van der Waals surface area contributed by atoms with Gasteiger partial charge in [-0.05, 0) is 24.3 Å². The van der Waals surface area contributed by atoms with Crippen molar-refractivity contribution in [1.29, 1.82) is 0 Å². The second-order valence-electron chi connectivity index (χ2n) is 6.01. The molecule has 0 aliphatic carbocycles. The number of benzene rings is 2. The van der Waals surface area contributed by atoms with E-state index < -0.39 is 0 Å². The fourth-order valence-corrected chi connectivity index (χ4v) is 3.06. The van der Waals surface area contributed by atoms with Crippen LogP contribution < -0.4 is 10.3 Å². The van der Waals surface area contributed by atoms with E-state index in [1.54, 1.807) is 24.4 Å². The van der Waals surface area contributed by atoms with Crippen molar-refractivity contribution in [3.8, 4) is 11.5 Å². The summed E-state index contributed by atoms with van der Waals surface area (Å²) >= 11 is 0. The number of hydrogen-bond donors (Lipinski definition) is 3. The fraction of sp³-hybridized carbons (Fsp3) is 0.0476. The summed E-state index contributed by atoms with van der Waals surface area (Å²) in [5.41, 5.74) is 2.73. The minimum Gasteiger partial charge on any atom is -0.506 e. The molecule has 0 radical (unpaired) electrons. The number of hydrogen-bond acceptors (Lipinski definition) is 4.